The van der Waals surface area contributed by atoms with E-state index < -0.39 is 0 Å². The molecule has 2 N–H and O–H groups in total. The number of hydrogen-bond donors (Lipinski definition) is 2. The summed E-state index contributed by atoms with van der Waals surface area (Å²) in [6.07, 6.45) is 5.38. The number of rotatable bonds is 6. The van der Waals surface area contributed by atoms with Gasteiger partial charge in [-0.1, -0.05) is 20.3 Å². The van der Waals surface area contributed by atoms with E-state index in [4.69, 9.17) is 0 Å². The first-order chi connectivity index (χ1) is 11.6. The van der Waals surface area contributed by atoms with Gasteiger partial charge in [-0.3, -0.25) is 9.79 Å². The highest BCUT2D eigenvalue weighted by atomic mass is 127. The highest BCUT2D eigenvalue weighted by molar-refractivity contribution is 14.0. The van der Waals surface area contributed by atoms with Crippen molar-refractivity contribution in [1.29, 1.82) is 0 Å². The third-order valence-electron chi connectivity index (χ3n) is 4.99. The molecule has 25 heavy (non-hydrogen) atoms. The first kappa shape index (κ1) is 22.5. The maximum absolute atomic E-state index is 11.6. The van der Waals surface area contributed by atoms with Crippen molar-refractivity contribution >= 4 is 35.8 Å². The molecule has 0 bridgehead atoms. The summed E-state index contributed by atoms with van der Waals surface area (Å²) in [5.41, 5.74) is 0. The predicted molar refractivity (Wildman–Crippen MR) is 115 cm³/mol. The number of piperidine rings is 1. The zero-order chi connectivity index (χ0) is 17.4. The summed E-state index contributed by atoms with van der Waals surface area (Å²) < 4.78 is 0. The van der Waals surface area contributed by atoms with Crippen LogP contribution >= 0.6 is 24.0 Å². The Labute approximate surface area is 170 Å². The van der Waals surface area contributed by atoms with Gasteiger partial charge >= 0.3 is 0 Å². The molecule has 1 unspecified atom stereocenters. The lowest BCUT2D eigenvalue weighted by molar-refractivity contribution is -0.123. The topological polar surface area (TPSA) is 60.0 Å². The average Bonchev–Trinajstić information content (AvgIpc) is 3.03. The quantitative estimate of drug-likeness (QED) is 0.272. The maximum atomic E-state index is 11.6. The highest BCUT2D eigenvalue weighted by Gasteiger charge is 2.26. The van der Waals surface area contributed by atoms with Crippen LogP contribution in [0.25, 0.3) is 0 Å². The SMILES string of the molecule is CN=C(NCCNC(=O)C(C)C)N1CCC(CN2CCCCC2)C1.I. The van der Waals surface area contributed by atoms with E-state index in [1.54, 1.807) is 0 Å². The van der Waals surface area contributed by atoms with Crippen molar-refractivity contribution in [1.82, 2.24) is 20.4 Å². The van der Waals surface area contributed by atoms with Crippen molar-refractivity contribution in [2.24, 2.45) is 16.8 Å². The Morgan fingerprint density at radius 1 is 1.12 bits per heavy atom. The number of halogens is 1. The molecule has 0 aromatic carbocycles. The van der Waals surface area contributed by atoms with Crippen molar-refractivity contribution in [2.75, 3.05) is 52.9 Å². The van der Waals surface area contributed by atoms with Crippen molar-refractivity contribution in [3.05, 3.63) is 0 Å². The molecule has 0 spiro atoms. The molecule has 7 heteroatoms. The van der Waals surface area contributed by atoms with Crippen LogP contribution in [0.3, 0.4) is 0 Å². The Morgan fingerprint density at radius 3 is 2.44 bits per heavy atom. The van der Waals surface area contributed by atoms with Gasteiger partial charge in [0.05, 0.1) is 0 Å². The average molecular weight is 465 g/mol. The van der Waals surface area contributed by atoms with Crippen LogP contribution in [0.15, 0.2) is 4.99 Å². The Balaban J connectivity index is 0.00000312. The van der Waals surface area contributed by atoms with E-state index in [-0.39, 0.29) is 35.8 Å². The summed E-state index contributed by atoms with van der Waals surface area (Å²) in [5, 5.41) is 6.31. The van der Waals surface area contributed by atoms with Gasteiger partial charge in [-0.05, 0) is 38.3 Å². The molecular weight excluding hydrogens is 429 g/mol. The van der Waals surface area contributed by atoms with E-state index in [1.165, 1.54) is 45.3 Å². The summed E-state index contributed by atoms with van der Waals surface area (Å²) in [6, 6.07) is 0. The van der Waals surface area contributed by atoms with Gasteiger partial charge in [-0.25, -0.2) is 0 Å². The van der Waals surface area contributed by atoms with Crippen molar-refractivity contribution in [2.45, 2.75) is 39.5 Å². The molecule has 2 aliphatic heterocycles. The molecule has 2 fully saturated rings. The van der Waals surface area contributed by atoms with E-state index in [2.05, 4.69) is 25.4 Å². The standard InChI is InChI=1S/C18H35N5O.HI/c1-15(2)17(24)20-8-9-21-18(19-3)23-12-7-16(14-23)13-22-10-5-4-6-11-22;/h15-16H,4-14H2,1-3H3,(H,19,21)(H,20,24);1H. The molecule has 0 aromatic rings. The van der Waals surface area contributed by atoms with Gasteiger partial charge in [-0.2, -0.15) is 0 Å². The minimum Gasteiger partial charge on any atom is -0.354 e. The van der Waals surface area contributed by atoms with E-state index in [0.717, 1.165) is 31.5 Å². The van der Waals surface area contributed by atoms with Crippen LogP contribution in [-0.2, 0) is 4.79 Å². The number of carbonyl (C=O) groups excluding carboxylic acids is 1. The van der Waals surface area contributed by atoms with Crippen LogP contribution in [0.2, 0.25) is 0 Å². The van der Waals surface area contributed by atoms with Gasteiger partial charge in [0.2, 0.25) is 5.91 Å². The smallest absolute Gasteiger partial charge is 0.222 e. The van der Waals surface area contributed by atoms with Gasteiger partial charge in [-0.15, -0.1) is 24.0 Å². The molecular formula is C18H36IN5O. The van der Waals surface area contributed by atoms with Crippen molar-refractivity contribution in [3.8, 4) is 0 Å². The molecule has 146 valence electrons. The molecule has 2 heterocycles. The molecule has 6 nitrogen and oxygen atoms in total. The van der Waals surface area contributed by atoms with E-state index in [0.29, 0.717) is 6.54 Å². The maximum Gasteiger partial charge on any atom is 0.222 e. The summed E-state index contributed by atoms with van der Waals surface area (Å²) in [6.45, 7) is 11.1. The molecule has 0 radical (unpaired) electrons. The third kappa shape index (κ3) is 7.68. The molecule has 0 aliphatic carbocycles. The van der Waals surface area contributed by atoms with Crippen LogP contribution in [0, 0.1) is 11.8 Å². The number of carbonyl (C=O) groups is 1. The number of guanidine groups is 1. The fourth-order valence-corrected chi connectivity index (χ4v) is 3.58. The fraction of sp³-hybridized carbons (Fsp3) is 0.889. The van der Waals surface area contributed by atoms with Crippen LogP contribution in [0.1, 0.15) is 39.5 Å². The zero-order valence-electron chi connectivity index (χ0n) is 16.1. The Morgan fingerprint density at radius 2 is 1.80 bits per heavy atom. The molecule has 0 aromatic heterocycles. The number of aliphatic imine (C=N–C) groups is 1. The predicted octanol–water partition coefficient (Wildman–Crippen LogP) is 1.76. The Kier molecular flexibility index (Phi) is 10.7. The van der Waals surface area contributed by atoms with Crippen LogP contribution in [0.5, 0.6) is 0 Å². The second-order valence-corrected chi connectivity index (χ2v) is 7.38. The number of likely N-dealkylation sites (tertiary alicyclic amines) is 2. The van der Waals surface area contributed by atoms with E-state index >= 15 is 0 Å². The highest BCUT2D eigenvalue weighted by Crippen LogP contribution is 2.19. The first-order valence-corrected chi connectivity index (χ1v) is 9.55. The van der Waals surface area contributed by atoms with Crippen molar-refractivity contribution < 1.29 is 4.79 Å². The van der Waals surface area contributed by atoms with Gasteiger partial charge < -0.3 is 20.4 Å². The van der Waals surface area contributed by atoms with Gasteiger partial charge in [0.25, 0.3) is 0 Å². The van der Waals surface area contributed by atoms with E-state index in [1.807, 2.05) is 20.9 Å². The minimum absolute atomic E-state index is 0. The molecule has 2 aliphatic rings. The van der Waals surface area contributed by atoms with Crippen LogP contribution < -0.4 is 10.6 Å². The molecule has 0 saturated carbocycles. The van der Waals surface area contributed by atoms with Crippen LogP contribution in [0.4, 0.5) is 0 Å². The van der Waals surface area contributed by atoms with Gasteiger partial charge in [0.1, 0.15) is 0 Å². The Bertz CT molecular complexity index is 424. The summed E-state index contributed by atoms with van der Waals surface area (Å²) in [7, 11) is 1.84. The second kappa shape index (κ2) is 11.9. The lowest BCUT2D eigenvalue weighted by Gasteiger charge is -2.29. The largest absolute Gasteiger partial charge is 0.354 e. The number of amides is 1. The number of hydrogen-bond acceptors (Lipinski definition) is 3. The molecule has 2 saturated heterocycles. The lowest BCUT2D eigenvalue weighted by atomic mass is 10.1. The second-order valence-electron chi connectivity index (χ2n) is 7.38. The minimum atomic E-state index is 0. The van der Waals surface area contributed by atoms with Gasteiger partial charge in [0, 0.05) is 45.7 Å². The molecule has 2 rings (SSSR count). The van der Waals surface area contributed by atoms with Crippen molar-refractivity contribution in [3.63, 3.8) is 0 Å². The zero-order valence-corrected chi connectivity index (χ0v) is 18.4. The monoisotopic (exact) mass is 465 g/mol. The molecule has 1 atom stereocenters. The number of nitrogens with one attached hydrogen (secondary N) is 2. The molecule has 1 amide bonds. The summed E-state index contributed by atoms with van der Waals surface area (Å²) >= 11 is 0. The summed E-state index contributed by atoms with van der Waals surface area (Å²) in [5.74, 6) is 1.87. The summed E-state index contributed by atoms with van der Waals surface area (Å²) in [4.78, 5) is 21.0. The Hall–Kier alpha value is -0.570. The third-order valence-corrected chi connectivity index (χ3v) is 4.99. The van der Waals surface area contributed by atoms with Crippen LogP contribution in [-0.4, -0.2) is 74.5 Å². The lowest BCUT2D eigenvalue weighted by Crippen LogP contribution is -2.44. The van der Waals surface area contributed by atoms with Gasteiger partial charge in [0.15, 0.2) is 5.96 Å². The fourth-order valence-electron chi connectivity index (χ4n) is 3.58. The van der Waals surface area contributed by atoms with E-state index in [9.17, 15) is 4.79 Å². The first-order valence-electron chi connectivity index (χ1n) is 9.55. The number of nitrogens with zero attached hydrogens (tertiary/aromatic N) is 3. The normalized spacial score (nSPS) is 22.0.